The number of aryl methyl sites for hydroxylation is 1. The molecular weight excluding hydrogens is 297 g/mol. The van der Waals surface area contributed by atoms with Gasteiger partial charge in [-0.3, -0.25) is 0 Å². The second kappa shape index (κ2) is 7.94. The number of benzene rings is 2. The molecule has 0 unspecified atom stereocenters. The van der Waals surface area contributed by atoms with E-state index in [0.29, 0.717) is 6.04 Å². The van der Waals surface area contributed by atoms with Crippen LogP contribution in [0.15, 0.2) is 42.5 Å². The van der Waals surface area contributed by atoms with Crippen molar-refractivity contribution in [1.82, 2.24) is 4.90 Å². The Morgan fingerprint density at radius 2 is 1.71 bits per heavy atom. The summed E-state index contributed by atoms with van der Waals surface area (Å²) in [6.07, 6.45) is 5.94. The molecule has 0 bridgehead atoms. The molecule has 2 aromatic rings. The summed E-state index contributed by atoms with van der Waals surface area (Å²) in [5, 5.41) is 0. The molecule has 0 aliphatic heterocycles. The van der Waals surface area contributed by atoms with E-state index in [1.54, 1.807) is 12.1 Å². The molecule has 0 spiro atoms. The van der Waals surface area contributed by atoms with E-state index in [1.807, 2.05) is 12.1 Å². The maximum absolute atomic E-state index is 13.3. The molecule has 1 aliphatic carbocycles. The first-order valence-electron chi connectivity index (χ1n) is 9.33. The van der Waals surface area contributed by atoms with Gasteiger partial charge in [-0.05, 0) is 79.6 Å². The maximum Gasteiger partial charge on any atom is 0.123 e. The summed E-state index contributed by atoms with van der Waals surface area (Å²) in [5.74, 6) is -0.168. The second-order valence-corrected chi connectivity index (χ2v) is 6.88. The molecule has 1 nitrogen and oxygen atoms in total. The van der Waals surface area contributed by atoms with Crippen LogP contribution in [-0.2, 0) is 12.8 Å². The van der Waals surface area contributed by atoms with Crippen LogP contribution >= 0.6 is 0 Å². The highest BCUT2D eigenvalue weighted by molar-refractivity contribution is 5.69. The molecule has 24 heavy (non-hydrogen) atoms. The zero-order valence-electron chi connectivity index (χ0n) is 14.9. The van der Waals surface area contributed by atoms with Crippen LogP contribution < -0.4 is 0 Å². The van der Waals surface area contributed by atoms with Gasteiger partial charge in [0.25, 0.3) is 0 Å². The lowest BCUT2D eigenvalue weighted by Crippen LogP contribution is -2.40. The Labute approximate surface area is 145 Å². The summed E-state index contributed by atoms with van der Waals surface area (Å²) in [6, 6.07) is 14.2. The van der Waals surface area contributed by atoms with Crippen molar-refractivity contribution >= 4 is 0 Å². The van der Waals surface area contributed by atoms with Gasteiger partial charge in [0.05, 0.1) is 0 Å². The van der Waals surface area contributed by atoms with Gasteiger partial charge in [-0.25, -0.2) is 4.39 Å². The monoisotopic (exact) mass is 325 g/mol. The predicted octanol–water partition coefficient (Wildman–Crippen LogP) is 5.47. The lowest BCUT2D eigenvalue weighted by atomic mass is 9.83. The standard InChI is InChI=1S/C22H28FN/c1-3-14-24(15-4-2)20-13-10-17-6-5-7-21(22(17)16-20)18-8-11-19(23)12-9-18/h5-9,11-12,20H,3-4,10,13-16H2,1-2H3/t20-/m1/s1. The van der Waals surface area contributed by atoms with Crippen LogP contribution in [0.3, 0.4) is 0 Å². The molecular formula is C22H28FN. The van der Waals surface area contributed by atoms with E-state index in [2.05, 4.69) is 36.9 Å². The number of halogens is 1. The number of rotatable bonds is 6. The van der Waals surface area contributed by atoms with E-state index < -0.39 is 0 Å². The maximum atomic E-state index is 13.3. The van der Waals surface area contributed by atoms with Gasteiger partial charge in [0, 0.05) is 6.04 Å². The highest BCUT2D eigenvalue weighted by Crippen LogP contribution is 2.33. The number of nitrogens with zero attached hydrogens (tertiary/aromatic N) is 1. The third-order valence-electron chi connectivity index (χ3n) is 5.15. The van der Waals surface area contributed by atoms with E-state index in [9.17, 15) is 4.39 Å². The van der Waals surface area contributed by atoms with Crippen molar-refractivity contribution in [3.05, 3.63) is 59.4 Å². The summed E-state index contributed by atoms with van der Waals surface area (Å²) in [7, 11) is 0. The molecule has 0 radical (unpaired) electrons. The zero-order valence-corrected chi connectivity index (χ0v) is 14.9. The van der Waals surface area contributed by atoms with Crippen molar-refractivity contribution in [2.75, 3.05) is 13.1 Å². The summed E-state index contributed by atoms with van der Waals surface area (Å²) in [6.45, 7) is 6.91. The first-order valence-corrected chi connectivity index (χ1v) is 9.33. The molecule has 128 valence electrons. The smallest absolute Gasteiger partial charge is 0.123 e. The molecule has 0 saturated heterocycles. The van der Waals surface area contributed by atoms with Crippen LogP contribution in [-0.4, -0.2) is 24.0 Å². The molecule has 0 fully saturated rings. The lowest BCUT2D eigenvalue weighted by Gasteiger charge is -2.36. The average molecular weight is 325 g/mol. The van der Waals surface area contributed by atoms with E-state index in [-0.39, 0.29) is 5.82 Å². The lowest BCUT2D eigenvalue weighted by molar-refractivity contribution is 0.180. The third kappa shape index (κ3) is 3.70. The minimum absolute atomic E-state index is 0.168. The van der Waals surface area contributed by atoms with Gasteiger partial charge in [0.2, 0.25) is 0 Å². The topological polar surface area (TPSA) is 3.24 Å². The molecule has 2 aromatic carbocycles. The minimum atomic E-state index is -0.168. The first-order chi connectivity index (χ1) is 11.7. The fourth-order valence-corrected chi connectivity index (χ4v) is 4.03. The normalized spacial score (nSPS) is 17.1. The fraction of sp³-hybridized carbons (Fsp3) is 0.455. The Bertz CT molecular complexity index is 656. The quantitative estimate of drug-likeness (QED) is 0.680. The van der Waals surface area contributed by atoms with E-state index in [0.717, 1.165) is 18.4 Å². The molecule has 1 atom stereocenters. The summed E-state index contributed by atoms with van der Waals surface area (Å²) < 4.78 is 13.3. The van der Waals surface area contributed by atoms with Crippen molar-refractivity contribution < 1.29 is 4.39 Å². The van der Waals surface area contributed by atoms with Crippen molar-refractivity contribution in [3.8, 4) is 11.1 Å². The number of hydrogen-bond donors (Lipinski definition) is 0. The summed E-state index contributed by atoms with van der Waals surface area (Å²) in [4.78, 5) is 2.67. The van der Waals surface area contributed by atoms with Crippen LogP contribution in [0.25, 0.3) is 11.1 Å². The molecule has 0 aromatic heterocycles. The molecule has 1 aliphatic rings. The van der Waals surface area contributed by atoms with E-state index in [1.165, 1.54) is 49.0 Å². The number of hydrogen-bond acceptors (Lipinski definition) is 1. The predicted molar refractivity (Wildman–Crippen MR) is 99.8 cm³/mol. The van der Waals surface area contributed by atoms with Gasteiger partial charge in [0.15, 0.2) is 0 Å². The Morgan fingerprint density at radius 3 is 2.38 bits per heavy atom. The van der Waals surface area contributed by atoms with Crippen LogP contribution in [0.2, 0.25) is 0 Å². The zero-order chi connectivity index (χ0) is 16.9. The molecule has 2 heteroatoms. The van der Waals surface area contributed by atoms with Gasteiger partial charge in [0.1, 0.15) is 5.82 Å². The van der Waals surface area contributed by atoms with E-state index in [4.69, 9.17) is 0 Å². The Hall–Kier alpha value is -1.67. The third-order valence-corrected chi connectivity index (χ3v) is 5.15. The Morgan fingerprint density at radius 1 is 1.00 bits per heavy atom. The van der Waals surface area contributed by atoms with Gasteiger partial charge < -0.3 is 4.90 Å². The molecule has 3 rings (SSSR count). The van der Waals surface area contributed by atoms with Crippen molar-refractivity contribution in [3.63, 3.8) is 0 Å². The van der Waals surface area contributed by atoms with Crippen molar-refractivity contribution in [2.45, 2.75) is 52.0 Å². The van der Waals surface area contributed by atoms with Gasteiger partial charge in [-0.15, -0.1) is 0 Å². The van der Waals surface area contributed by atoms with Gasteiger partial charge >= 0.3 is 0 Å². The summed E-state index contributed by atoms with van der Waals surface area (Å²) >= 11 is 0. The average Bonchev–Trinajstić information content (AvgIpc) is 2.61. The SMILES string of the molecule is CCCN(CCC)[C@@H]1CCc2cccc(-c3ccc(F)cc3)c2C1. The highest BCUT2D eigenvalue weighted by atomic mass is 19.1. The van der Waals surface area contributed by atoms with Crippen LogP contribution in [0.4, 0.5) is 4.39 Å². The number of fused-ring (bicyclic) bond motifs is 1. The highest BCUT2D eigenvalue weighted by Gasteiger charge is 2.25. The van der Waals surface area contributed by atoms with Crippen LogP contribution in [0.5, 0.6) is 0 Å². The van der Waals surface area contributed by atoms with Gasteiger partial charge in [-0.2, -0.15) is 0 Å². The van der Waals surface area contributed by atoms with Crippen molar-refractivity contribution in [2.24, 2.45) is 0 Å². The van der Waals surface area contributed by atoms with Crippen LogP contribution in [0.1, 0.15) is 44.2 Å². The Kier molecular flexibility index (Phi) is 5.68. The Balaban J connectivity index is 1.90. The molecule has 0 N–H and O–H groups in total. The van der Waals surface area contributed by atoms with Gasteiger partial charge in [-0.1, -0.05) is 44.2 Å². The van der Waals surface area contributed by atoms with Crippen molar-refractivity contribution in [1.29, 1.82) is 0 Å². The second-order valence-electron chi connectivity index (χ2n) is 6.88. The fourth-order valence-electron chi connectivity index (χ4n) is 4.03. The molecule has 0 saturated carbocycles. The van der Waals surface area contributed by atoms with E-state index >= 15 is 0 Å². The largest absolute Gasteiger partial charge is 0.300 e. The summed E-state index contributed by atoms with van der Waals surface area (Å²) in [5.41, 5.74) is 5.36. The molecule has 0 heterocycles. The minimum Gasteiger partial charge on any atom is -0.300 e. The molecule has 0 amide bonds. The van der Waals surface area contributed by atoms with Crippen LogP contribution in [0, 0.1) is 5.82 Å². The first kappa shape index (κ1) is 17.2.